The number of hydrogen-bond donors (Lipinski definition) is 0. The molecule has 0 saturated carbocycles. The first-order valence-corrected chi connectivity index (χ1v) is 6.70. The van der Waals surface area contributed by atoms with Gasteiger partial charge >= 0.3 is 12.1 Å². The summed E-state index contributed by atoms with van der Waals surface area (Å²) in [7, 11) is 0. The first kappa shape index (κ1) is 16.5. The molecule has 1 aliphatic heterocycles. The fourth-order valence-corrected chi connectivity index (χ4v) is 1.71. The third-order valence-corrected chi connectivity index (χ3v) is 2.64. The van der Waals surface area contributed by atoms with Crippen LogP contribution in [0.15, 0.2) is 12.2 Å². The van der Waals surface area contributed by atoms with E-state index in [2.05, 4.69) is 6.58 Å². The second-order valence-electron chi connectivity index (χ2n) is 5.53. The molecule has 0 aromatic carbocycles. The van der Waals surface area contributed by atoms with Crippen LogP contribution in [0.1, 0.15) is 27.7 Å². The van der Waals surface area contributed by atoms with Crippen molar-refractivity contribution in [3.8, 4) is 0 Å². The fourth-order valence-electron chi connectivity index (χ4n) is 1.71. The summed E-state index contributed by atoms with van der Waals surface area (Å²) in [4.78, 5) is 25.1. The van der Waals surface area contributed by atoms with Crippen molar-refractivity contribution < 1.29 is 23.8 Å². The number of amides is 1. The number of carbonyl (C=O) groups is 2. The van der Waals surface area contributed by atoms with Crippen LogP contribution in [0.4, 0.5) is 4.79 Å². The molecular weight excluding hydrogens is 262 g/mol. The second-order valence-corrected chi connectivity index (χ2v) is 5.53. The summed E-state index contributed by atoms with van der Waals surface area (Å²) in [6, 6.07) is 0. The first-order chi connectivity index (χ1) is 9.24. The Labute approximate surface area is 119 Å². The Balaban J connectivity index is 2.60. The molecule has 0 radical (unpaired) electrons. The Hall–Kier alpha value is -1.56. The van der Waals surface area contributed by atoms with Crippen LogP contribution in [-0.2, 0) is 19.0 Å². The second kappa shape index (κ2) is 6.74. The predicted molar refractivity (Wildman–Crippen MR) is 73.3 cm³/mol. The van der Waals surface area contributed by atoms with Crippen molar-refractivity contribution >= 4 is 12.1 Å². The highest BCUT2D eigenvalue weighted by molar-refractivity contribution is 5.89. The smallest absolute Gasteiger partial charge is 0.410 e. The number of morpholine rings is 1. The molecule has 1 heterocycles. The van der Waals surface area contributed by atoms with Crippen molar-refractivity contribution in [1.82, 2.24) is 4.90 Å². The molecule has 6 nitrogen and oxygen atoms in total. The quantitative estimate of drug-likeness (QED) is 0.584. The summed E-state index contributed by atoms with van der Waals surface area (Å²) in [6.07, 6.45) is -0.960. The van der Waals surface area contributed by atoms with Crippen LogP contribution in [-0.4, -0.2) is 55.0 Å². The molecule has 1 aliphatic rings. The maximum absolute atomic E-state index is 12.0. The van der Waals surface area contributed by atoms with Crippen LogP contribution in [0.5, 0.6) is 0 Å². The van der Waals surface area contributed by atoms with Crippen LogP contribution in [0.3, 0.4) is 0 Å². The average Bonchev–Trinajstić information content (AvgIpc) is 2.36. The number of hydrogen-bond acceptors (Lipinski definition) is 5. The highest BCUT2D eigenvalue weighted by Gasteiger charge is 2.31. The third-order valence-electron chi connectivity index (χ3n) is 2.64. The van der Waals surface area contributed by atoms with E-state index < -0.39 is 23.8 Å². The van der Waals surface area contributed by atoms with Gasteiger partial charge in [-0.2, -0.15) is 0 Å². The molecule has 0 N–H and O–H groups in total. The summed E-state index contributed by atoms with van der Waals surface area (Å²) >= 11 is 0. The minimum absolute atomic E-state index is 0.222. The zero-order valence-corrected chi connectivity index (χ0v) is 12.6. The van der Waals surface area contributed by atoms with Gasteiger partial charge in [0.05, 0.1) is 25.3 Å². The SMILES string of the molecule is C=C(C(=O)OCC)C1CN(C(=O)OC(C)(C)C)CCO1. The molecule has 1 unspecified atom stereocenters. The summed E-state index contributed by atoms with van der Waals surface area (Å²) in [5.41, 5.74) is -0.330. The Morgan fingerprint density at radius 3 is 2.60 bits per heavy atom. The molecule has 0 aromatic rings. The summed E-state index contributed by atoms with van der Waals surface area (Å²) in [5.74, 6) is -0.497. The highest BCUT2D eigenvalue weighted by atomic mass is 16.6. The molecule has 0 aromatic heterocycles. The van der Waals surface area contributed by atoms with Crippen LogP contribution < -0.4 is 0 Å². The Morgan fingerprint density at radius 1 is 1.40 bits per heavy atom. The van der Waals surface area contributed by atoms with Gasteiger partial charge in [0.1, 0.15) is 11.7 Å². The largest absolute Gasteiger partial charge is 0.463 e. The van der Waals surface area contributed by atoms with Crippen LogP contribution in [0.25, 0.3) is 0 Å². The minimum Gasteiger partial charge on any atom is -0.463 e. The lowest BCUT2D eigenvalue weighted by atomic mass is 10.1. The molecular formula is C14H23NO5. The molecule has 20 heavy (non-hydrogen) atoms. The van der Waals surface area contributed by atoms with Gasteiger partial charge < -0.3 is 19.1 Å². The summed E-state index contributed by atoms with van der Waals surface area (Å²) in [5, 5.41) is 0. The zero-order valence-electron chi connectivity index (χ0n) is 12.6. The molecule has 0 bridgehead atoms. The maximum atomic E-state index is 12.0. The van der Waals surface area contributed by atoms with E-state index in [9.17, 15) is 9.59 Å². The topological polar surface area (TPSA) is 65.1 Å². The monoisotopic (exact) mass is 285 g/mol. The third kappa shape index (κ3) is 4.85. The Kier molecular flexibility index (Phi) is 5.56. The van der Waals surface area contributed by atoms with E-state index in [0.717, 1.165) is 0 Å². The van der Waals surface area contributed by atoms with E-state index in [-0.39, 0.29) is 18.7 Å². The number of nitrogens with zero attached hydrogens (tertiary/aromatic N) is 1. The van der Waals surface area contributed by atoms with E-state index in [1.807, 2.05) is 0 Å². The molecule has 1 saturated heterocycles. The highest BCUT2D eigenvalue weighted by Crippen LogP contribution is 2.17. The first-order valence-electron chi connectivity index (χ1n) is 6.70. The standard InChI is InChI=1S/C14H23NO5/c1-6-18-12(16)10(2)11-9-15(7-8-19-11)13(17)20-14(3,4)5/h11H,2,6-9H2,1,3-5H3. The van der Waals surface area contributed by atoms with E-state index in [1.54, 1.807) is 27.7 Å². The molecule has 1 fully saturated rings. The predicted octanol–water partition coefficient (Wildman–Crippen LogP) is 1.74. The van der Waals surface area contributed by atoms with E-state index >= 15 is 0 Å². The summed E-state index contributed by atoms with van der Waals surface area (Å²) in [6.45, 7) is 12.1. The number of esters is 1. The van der Waals surface area contributed by atoms with Gasteiger partial charge in [-0.15, -0.1) is 0 Å². The lowest BCUT2D eigenvalue weighted by molar-refractivity contribution is -0.141. The van der Waals surface area contributed by atoms with Crippen LogP contribution in [0, 0.1) is 0 Å². The van der Waals surface area contributed by atoms with Crippen LogP contribution >= 0.6 is 0 Å². The molecule has 1 rings (SSSR count). The van der Waals surface area contributed by atoms with E-state index in [1.165, 1.54) is 4.90 Å². The number of ether oxygens (including phenoxy) is 3. The van der Waals surface area contributed by atoms with Crippen molar-refractivity contribution in [1.29, 1.82) is 0 Å². The van der Waals surface area contributed by atoms with Gasteiger partial charge in [-0.3, -0.25) is 0 Å². The molecule has 114 valence electrons. The van der Waals surface area contributed by atoms with Gasteiger partial charge in [-0.25, -0.2) is 9.59 Å². The van der Waals surface area contributed by atoms with Gasteiger partial charge in [0.2, 0.25) is 0 Å². The van der Waals surface area contributed by atoms with E-state index in [4.69, 9.17) is 14.2 Å². The lowest BCUT2D eigenvalue weighted by Crippen LogP contribution is -2.48. The molecule has 1 atom stereocenters. The van der Waals surface area contributed by atoms with Gasteiger partial charge in [-0.05, 0) is 27.7 Å². The van der Waals surface area contributed by atoms with Crippen molar-refractivity contribution in [2.24, 2.45) is 0 Å². The summed E-state index contributed by atoms with van der Waals surface area (Å²) < 4.78 is 15.6. The van der Waals surface area contributed by atoms with Gasteiger partial charge in [0.25, 0.3) is 0 Å². The van der Waals surface area contributed by atoms with E-state index in [0.29, 0.717) is 13.2 Å². The van der Waals surface area contributed by atoms with Crippen LogP contribution in [0.2, 0.25) is 0 Å². The lowest BCUT2D eigenvalue weighted by Gasteiger charge is -2.34. The fraction of sp³-hybridized carbons (Fsp3) is 0.714. The Morgan fingerprint density at radius 2 is 2.05 bits per heavy atom. The maximum Gasteiger partial charge on any atom is 0.410 e. The molecule has 6 heteroatoms. The van der Waals surface area contributed by atoms with Gasteiger partial charge in [0.15, 0.2) is 0 Å². The molecule has 0 aliphatic carbocycles. The zero-order chi connectivity index (χ0) is 15.3. The van der Waals surface area contributed by atoms with Gasteiger partial charge in [-0.1, -0.05) is 6.58 Å². The number of rotatable bonds is 3. The molecule has 1 amide bonds. The van der Waals surface area contributed by atoms with Crippen molar-refractivity contribution in [2.75, 3.05) is 26.3 Å². The minimum atomic E-state index is -0.553. The normalized spacial score (nSPS) is 19.4. The van der Waals surface area contributed by atoms with Crippen molar-refractivity contribution in [3.05, 3.63) is 12.2 Å². The van der Waals surface area contributed by atoms with Crippen molar-refractivity contribution in [2.45, 2.75) is 39.4 Å². The average molecular weight is 285 g/mol. The number of carbonyl (C=O) groups excluding carboxylic acids is 2. The van der Waals surface area contributed by atoms with Crippen molar-refractivity contribution in [3.63, 3.8) is 0 Å². The Bertz CT molecular complexity index is 386. The van der Waals surface area contributed by atoms with Gasteiger partial charge in [0, 0.05) is 6.54 Å². The molecule has 0 spiro atoms.